The van der Waals surface area contributed by atoms with Gasteiger partial charge in [-0.25, -0.2) is 0 Å². The molecule has 342 valence electrons. The summed E-state index contributed by atoms with van der Waals surface area (Å²) in [5.74, 6) is 1.91. The van der Waals surface area contributed by atoms with Crippen molar-refractivity contribution in [1.82, 2.24) is 14.1 Å². The van der Waals surface area contributed by atoms with E-state index in [1.165, 1.54) is 50.1 Å². The predicted octanol–water partition coefficient (Wildman–Crippen LogP) is 14.9. The minimum atomic E-state index is -0.105. The molecule has 0 radical (unpaired) electrons. The monoisotopic (exact) mass is 1080 g/mol. The Bertz CT molecular complexity index is 3810. The van der Waals surface area contributed by atoms with Crippen LogP contribution in [0.25, 0.3) is 66.9 Å². The molecular weight excluding hydrogens is 1040 g/mol. The normalized spacial score (nSPS) is 13.3. The molecule has 8 heteroatoms. The molecule has 5 heterocycles. The van der Waals surface area contributed by atoms with Crippen molar-refractivity contribution in [3.63, 3.8) is 0 Å². The standard InChI is InChI=1S/C62H48BN5O.Pt/c1-61(2,3)42-35-41(36-43(37-42)62(4,5)6)47-25-17-24-46(40-19-8-7-9-20-40)59(47)66-39-65(53-29-12-13-30-54(53)66)44-21-16-22-45(38-44)69-57-34-33-51-50-27-18-26-49-48-23-10-11-28-52(48)67-55-31-14-15-32-56(55)68(60(51)64-57)63(67)58(49)50;/h7-31,33-37H,1-6H3;/q-2;. The predicted molar refractivity (Wildman–Crippen MR) is 283 cm³/mol. The number of para-hydroxylation sites is 5. The number of ether oxygens (including phenoxy) is 1. The Morgan fingerprint density at radius 1 is 0.529 bits per heavy atom. The van der Waals surface area contributed by atoms with Gasteiger partial charge in [-0.15, -0.1) is 6.07 Å². The summed E-state index contributed by atoms with van der Waals surface area (Å²) >= 11 is 2.51. The first-order chi connectivity index (χ1) is 33.9. The Kier molecular flexibility index (Phi) is 9.61. The van der Waals surface area contributed by atoms with Crippen LogP contribution in [0.2, 0.25) is 0 Å². The van der Waals surface area contributed by atoms with Gasteiger partial charge in [0, 0.05) is 11.3 Å². The van der Waals surface area contributed by atoms with Crippen LogP contribution < -0.4 is 19.8 Å². The van der Waals surface area contributed by atoms with Crippen LogP contribution in [-0.4, -0.2) is 21.1 Å². The fourth-order valence-corrected chi connectivity index (χ4v) is 11.9. The summed E-state index contributed by atoms with van der Waals surface area (Å²) in [6, 6.07) is 72.6. The Hall–Kier alpha value is -7.47. The molecule has 2 aromatic heterocycles. The summed E-state index contributed by atoms with van der Waals surface area (Å²) in [5.41, 5.74) is 20.7. The van der Waals surface area contributed by atoms with Crippen molar-refractivity contribution >= 4 is 46.4 Å². The number of hydrogen-bond donors (Lipinski definition) is 0. The third-order valence-corrected chi connectivity index (χ3v) is 15.2. The first-order valence-electron chi connectivity index (χ1n) is 24.0. The summed E-state index contributed by atoms with van der Waals surface area (Å²) in [7, 11) is 0. The molecular formula is C62H48BN5OPt-2. The van der Waals surface area contributed by atoms with E-state index in [0.29, 0.717) is 11.6 Å². The summed E-state index contributed by atoms with van der Waals surface area (Å²) in [5, 5.41) is 0. The average molecular weight is 1080 g/mol. The van der Waals surface area contributed by atoms with Crippen molar-refractivity contribution in [2.24, 2.45) is 0 Å². The number of anilines is 4. The molecule has 0 N–H and O–H groups in total. The van der Waals surface area contributed by atoms with E-state index >= 15 is 0 Å². The number of rotatable bonds is 6. The van der Waals surface area contributed by atoms with Gasteiger partial charge < -0.3 is 0 Å². The van der Waals surface area contributed by atoms with Gasteiger partial charge >= 0.3 is 352 Å². The van der Waals surface area contributed by atoms with E-state index in [1.807, 2.05) is 24.3 Å². The molecule has 0 atom stereocenters. The number of hydrogen-bond acceptors (Lipinski definition) is 4. The van der Waals surface area contributed by atoms with Crippen molar-refractivity contribution in [3.8, 4) is 67.5 Å². The maximum atomic E-state index is 6.79. The van der Waals surface area contributed by atoms with Gasteiger partial charge in [-0.1, -0.05) is 30.3 Å². The second kappa shape index (κ2) is 15.8. The quantitative estimate of drug-likeness (QED) is 0.123. The van der Waals surface area contributed by atoms with Gasteiger partial charge in [-0.05, 0) is 11.6 Å². The van der Waals surface area contributed by atoms with E-state index in [1.54, 1.807) is 0 Å². The Labute approximate surface area is 420 Å². The molecule has 3 aliphatic rings. The van der Waals surface area contributed by atoms with Crippen molar-refractivity contribution < 1.29 is 24.1 Å². The van der Waals surface area contributed by atoms with E-state index < -0.39 is 0 Å². The van der Waals surface area contributed by atoms with Gasteiger partial charge in [0.2, 0.25) is 0 Å². The molecule has 0 aliphatic carbocycles. The van der Waals surface area contributed by atoms with Crippen molar-refractivity contribution in [2.75, 3.05) is 9.62 Å². The van der Waals surface area contributed by atoms with Crippen LogP contribution >= 0.6 is 0 Å². The molecule has 8 aromatic carbocycles. The number of pyridine rings is 1. The van der Waals surface area contributed by atoms with Crippen LogP contribution in [0.5, 0.6) is 11.6 Å². The van der Waals surface area contributed by atoms with Gasteiger partial charge in [0.1, 0.15) is 0 Å². The third kappa shape index (κ3) is 6.58. The summed E-state index contributed by atoms with van der Waals surface area (Å²) < 4.78 is 12.5. The van der Waals surface area contributed by atoms with Gasteiger partial charge in [-0.3, -0.25) is 0 Å². The molecule has 0 amide bonds. The first-order valence-corrected chi connectivity index (χ1v) is 25.1. The van der Waals surface area contributed by atoms with Gasteiger partial charge in [0.05, 0.1) is 0 Å². The third-order valence-electron chi connectivity index (χ3n) is 14.2. The molecule has 0 spiro atoms. The second-order valence-electron chi connectivity index (χ2n) is 20.6. The number of fused-ring (bicyclic) bond motifs is 10. The van der Waals surface area contributed by atoms with E-state index in [4.69, 9.17) is 9.72 Å². The van der Waals surface area contributed by atoms with Crippen LogP contribution in [0.1, 0.15) is 52.7 Å². The van der Waals surface area contributed by atoms with Crippen LogP contribution in [-0.2, 0) is 30.2 Å². The first kappa shape index (κ1) is 42.6. The molecule has 6 nitrogen and oxygen atoms in total. The van der Waals surface area contributed by atoms with Crippen molar-refractivity contribution in [2.45, 2.75) is 52.4 Å². The molecule has 10 aromatic rings. The zero-order chi connectivity index (χ0) is 47.6. The maximum absolute atomic E-state index is 6.79. The SMILES string of the molecule is CC(C)(C)c1cc(-c2cccc(-c3ccccc3)c2-n2[c](=[Pt])n(-c3[c-]c(Oc4ccc5c(n4)N4B6c7c(cccc7-5)-c5ccccc5N6c5ccc[c-]c54)ccc3)c3ccccc32)cc(C(C)(C)C)c1. The fourth-order valence-electron chi connectivity index (χ4n) is 10.8. The summed E-state index contributed by atoms with van der Waals surface area (Å²) in [4.78, 5) is 10.1. The number of nitrogens with zero attached hydrogens (tertiary/aromatic N) is 5. The zero-order valence-corrected chi connectivity index (χ0v) is 42.1. The zero-order valence-electron chi connectivity index (χ0n) is 39.9. The Morgan fingerprint density at radius 3 is 1.89 bits per heavy atom. The topological polar surface area (TPSA) is 38.5 Å². The molecule has 3 aliphatic heterocycles. The van der Waals surface area contributed by atoms with E-state index in [0.717, 1.165) is 60.1 Å². The van der Waals surface area contributed by atoms with Crippen LogP contribution in [0.15, 0.2) is 182 Å². The fraction of sp³-hybridized carbons (Fsp3) is 0.129. The van der Waals surface area contributed by atoms with Crippen LogP contribution in [0.3, 0.4) is 0 Å². The summed E-state index contributed by atoms with van der Waals surface area (Å²) in [6.07, 6.45) is 0. The van der Waals surface area contributed by atoms with Crippen molar-refractivity contribution in [3.05, 3.63) is 209 Å². The molecule has 0 saturated carbocycles. The molecule has 0 fully saturated rings. The van der Waals surface area contributed by atoms with Crippen LogP contribution in [0.4, 0.5) is 22.9 Å². The second-order valence-corrected chi connectivity index (χ2v) is 21.6. The minimum absolute atomic E-state index is 0.0420. The molecule has 0 bridgehead atoms. The van der Waals surface area contributed by atoms with E-state index in [9.17, 15) is 0 Å². The number of benzene rings is 8. The number of aromatic nitrogens is 3. The molecule has 0 saturated heterocycles. The number of imidazole rings is 1. The molecule has 13 rings (SSSR count). The Morgan fingerprint density at radius 2 is 1.14 bits per heavy atom. The van der Waals surface area contributed by atoms with Gasteiger partial charge in [-0.2, -0.15) is 12.1 Å². The van der Waals surface area contributed by atoms with E-state index in [2.05, 4.69) is 250 Å². The van der Waals surface area contributed by atoms with Crippen LogP contribution in [0, 0.1) is 15.9 Å². The Balaban J connectivity index is 0.948. The van der Waals surface area contributed by atoms with Gasteiger partial charge in [0.15, 0.2) is 0 Å². The molecule has 0 unspecified atom stereocenters. The molecule has 70 heavy (non-hydrogen) atoms. The van der Waals surface area contributed by atoms with Gasteiger partial charge in [0.25, 0.3) is 0 Å². The summed E-state index contributed by atoms with van der Waals surface area (Å²) in [6.45, 7) is 13.7. The van der Waals surface area contributed by atoms with E-state index in [-0.39, 0.29) is 17.8 Å². The average Bonchev–Trinajstić information content (AvgIpc) is 3.88. The van der Waals surface area contributed by atoms with Crippen molar-refractivity contribution in [1.29, 1.82) is 0 Å².